The molecular formula is C20H33N. The van der Waals surface area contributed by atoms with E-state index >= 15 is 0 Å². The molecule has 0 radical (unpaired) electrons. The van der Waals surface area contributed by atoms with Gasteiger partial charge in [-0.15, -0.1) is 0 Å². The lowest BCUT2D eigenvalue weighted by Gasteiger charge is -2.23. The maximum Gasteiger partial charge on any atom is 0.0320 e. The van der Waals surface area contributed by atoms with E-state index < -0.39 is 0 Å². The normalized spacial score (nSPS) is 18.1. The molecular weight excluding hydrogens is 254 g/mol. The summed E-state index contributed by atoms with van der Waals surface area (Å²) in [7, 11) is 0. The highest BCUT2D eigenvalue weighted by Gasteiger charge is 2.16. The zero-order valence-corrected chi connectivity index (χ0v) is 14.2. The molecule has 1 fully saturated rings. The van der Waals surface area contributed by atoms with Crippen LogP contribution in [0, 0.1) is 5.92 Å². The summed E-state index contributed by atoms with van der Waals surface area (Å²) in [6, 6.07) is 10.1. The van der Waals surface area contributed by atoms with Gasteiger partial charge < -0.3 is 5.32 Å². The average molecular weight is 287 g/mol. The van der Waals surface area contributed by atoms with E-state index in [0.29, 0.717) is 6.04 Å². The molecule has 1 N–H and O–H groups in total. The zero-order chi connectivity index (χ0) is 15.1. The average Bonchev–Trinajstić information content (AvgIpc) is 2.52. The van der Waals surface area contributed by atoms with E-state index in [-0.39, 0.29) is 0 Å². The predicted octanol–water partition coefficient (Wildman–Crippen LogP) is 5.82. The summed E-state index contributed by atoms with van der Waals surface area (Å²) >= 11 is 0. The highest BCUT2D eigenvalue weighted by Crippen LogP contribution is 2.33. The van der Waals surface area contributed by atoms with Gasteiger partial charge in [0.2, 0.25) is 0 Å². The van der Waals surface area contributed by atoms with Gasteiger partial charge in [0.1, 0.15) is 0 Å². The van der Waals surface area contributed by atoms with E-state index in [4.69, 9.17) is 0 Å². The molecule has 1 heteroatoms. The monoisotopic (exact) mass is 287 g/mol. The van der Waals surface area contributed by atoms with Crippen molar-refractivity contribution >= 4 is 0 Å². The van der Waals surface area contributed by atoms with E-state index in [1.807, 2.05) is 0 Å². The third-order valence-electron chi connectivity index (χ3n) is 4.90. The van der Waals surface area contributed by atoms with E-state index in [2.05, 4.69) is 50.4 Å². The van der Waals surface area contributed by atoms with Crippen molar-refractivity contribution in [3.8, 4) is 0 Å². The Labute approximate surface area is 131 Å². The second-order valence-corrected chi connectivity index (χ2v) is 7.08. The van der Waals surface area contributed by atoms with Gasteiger partial charge in [-0.1, -0.05) is 64.3 Å². The molecule has 1 aromatic carbocycles. The topological polar surface area (TPSA) is 12.0 Å². The highest BCUT2D eigenvalue weighted by atomic mass is 14.9. The van der Waals surface area contributed by atoms with Crippen LogP contribution in [0.2, 0.25) is 0 Å². The third-order valence-corrected chi connectivity index (χ3v) is 4.90. The van der Waals surface area contributed by atoms with Crippen molar-refractivity contribution in [1.29, 1.82) is 0 Å². The molecule has 118 valence electrons. The first kappa shape index (κ1) is 16.5. The van der Waals surface area contributed by atoms with Crippen LogP contribution in [0.4, 0.5) is 0 Å². The largest absolute Gasteiger partial charge is 0.310 e. The fourth-order valence-electron chi connectivity index (χ4n) is 3.57. The van der Waals surface area contributed by atoms with Crippen LogP contribution in [0.25, 0.3) is 0 Å². The molecule has 0 heterocycles. The molecule has 0 aromatic heterocycles. The van der Waals surface area contributed by atoms with Gasteiger partial charge in [-0.25, -0.2) is 0 Å². The molecule has 1 saturated carbocycles. The van der Waals surface area contributed by atoms with Gasteiger partial charge in [-0.3, -0.25) is 0 Å². The van der Waals surface area contributed by atoms with Crippen molar-refractivity contribution in [3.63, 3.8) is 0 Å². The quantitative estimate of drug-likeness (QED) is 0.666. The standard InChI is InChI=1S/C20H33N/c1-4-21-20(15-10-16(2)3)19-13-11-18(12-14-19)17-8-6-5-7-9-17/h11-14,16-17,20-21H,4-10,15H2,1-3H3. The fraction of sp³-hybridized carbons (Fsp3) is 0.700. The maximum atomic E-state index is 3.65. The fourth-order valence-corrected chi connectivity index (χ4v) is 3.57. The van der Waals surface area contributed by atoms with Gasteiger partial charge in [0.05, 0.1) is 0 Å². The molecule has 0 bridgehead atoms. The lowest BCUT2D eigenvalue weighted by Crippen LogP contribution is -2.21. The summed E-state index contributed by atoms with van der Waals surface area (Å²) in [5, 5.41) is 3.65. The van der Waals surface area contributed by atoms with Gasteiger partial charge in [0.15, 0.2) is 0 Å². The molecule has 0 amide bonds. The number of nitrogens with one attached hydrogen (secondary N) is 1. The van der Waals surface area contributed by atoms with Crippen LogP contribution in [-0.4, -0.2) is 6.54 Å². The molecule has 0 spiro atoms. The number of rotatable bonds is 7. The van der Waals surface area contributed by atoms with Crippen LogP contribution in [-0.2, 0) is 0 Å². The van der Waals surface area contributed by atoms with Crippen LogP contribution < -0.4 is 5.32 Å². The van der Waals surface area contributed by atoms with Crippen molar-refractivity contribution in [3.05, 3.63) is 35.4 Å². The lowest BCUT2D eigenvalue weighted by molar-refractivity contribution is 0.441. The molecule has 21 heavy (non-hydrogen) atoms. The van der Waals surface area contributed by atoms with Crippen LogP contribution in [0.3, 0.4) is 0 Å². The minimum absolute atomic E-state index is 0.526. The third kappa shape index (κ3) is 5.14. The van der Waals surface area contributed by atoms with Crippen molar-refractivity contribution in [1.82, 2.24) is 5.32 Å². The predicted molar refractivity (Wildman–Crippen MR) is 92.8 cm³/mol. The summed E-state index contributed by atoms with van der Waals surface area (Å²) in [5.41, 5.74) is 3.04. The van der Waals surface area contributed by atoms with E-state index in [1.165, 1.54) is 50.5 Å². The minimum Gasteiger partial charge on any atom is -0.310 e. The van der Waals surface area contributed by atoms with Gasteiger partial charge in [0.25, 0.3) is 0 Å². The molecule has 1 aliphatic carbocycles. The summed E-state index contributed by atoms with van der Waals surface area (Å²) < 4.78 is 0. The molecule has 0 saturated heterocycles. The van der Waals surface area contributed by atoms with E-state index in [9.17, 15) is 0 Å². The summed E-state index contributed by atoms with van der Waals surface area (Å²) in [6.45, 7) is 7.89. The molecule has 1 nitrogen and oxygen atoms in total. The summed E-state index contributed by atoms with van der Waals surface area (Å²) in [6.07, 6.45) is 9.59. The summed E-state index contributed by atoms with van der Waals surface area (Å²) in [5.74, 6) is 1.61. The van der Waals surface area contributed by atoms with Crippen LogP contribution in [0.1, 0.15) is 88.8 Å². The highest BCUT2D eigenvalue weighted by molar-refractivity contribution is 5.27. The Morgan fingerprint density at radius 2 is 1.67 bits per heavy atom. The van der Waals surface area contributed by atoms with Crippen LogP contribution in [0.15, 0.2) is 24.3 Å². The van der Waals surface area contributed by atoms with Crippen molar-refractivity contribution in [2.45, 2.75) is 77.7 Å². The van der Waals surface area contributed by atoms with Crippen molar-refractivity contribution in [2.75, 3.05) is 6.54 Å². The SMILES string of the molecule is CCNC(CCC(C)C)c1ccc(C2CCCCC2)cc1. The van der Waals surface area contributed by atoms with Gasteiger partial charge in [-0.2, -0.15) is 0 Å². The summed E-state index contributed by atoms with van der Waals surface area (Å²) in [4.78, 5) is 0. The van der Waals surface area contributed by atoms with Crippen molar-refractivity contribution in [2.24, 2.45) is 5.92 Å². The zero-order valence-electron chi connectivity index (χ0n) is 14.2. The van der Waals surface area contributed by atoms with Crippen LogP contribution >= 0.6 is 0 Å². The Morgan fingerprint density at radius 3 is 2.24 bits per heavy atom. The van der Waals surface area contributed by atoms with Crippen LogP contribution in [0.5, 0.6) is 0 Å². The van der Waals surface area contributed by atoms with Gasteiger partial charge in [-0.05, 0) is 55.2 Å². The first-order valence-corrected chi connectivity index (χ1v) is 9.04. The maximum absolute atomic E-state index is 3.65. The first-order valence-electron chi connectivity index (χ1n) is 9.04. The number of benzene rings is 1. The first-order chi connectivity index (χ1) is 10.2. The number of hydrogen-bond donors (Lipinski definition) is 1. The molecule has 1 aromatic rings. The second kappa shape index (κ2) is 8.58. The molecule has 0 aliphatic heterocycles. The molecule has 1 unspecified atom stereocenters. The van der Waals surface area contributed by atoms with E-state index in [1.54, 1.807) is 5.56 Å². The Balaban J connectivity index is 2.00. The Kier molecular flexibility index (Phi) is 6.76. The Bertz CT molecular complexity index is 387. The number of hydrogen-bond acceptors (Lipinski definition) is 1. The smallest absolute Gasteiger partial charge is 0.0320 e. The Hall–Kier alpha value is -0.820. The molecule has 1 atom stereocenters. The van der Waals surface area contributed by atoms with Gasteiger partial charge >= 0.3 is 0 Å². The van der Waals surface area contributed by atoms with Crippen molar-refractivity contribution < 1.29 is 0 Å². The van der Waals surface area contributed by atoms with Gasteiger partial charge in [0, 0.05) is 6.04 Å². The Morgan fingerprint density at radius 1 is 1.00 bits per heavy atom. The van der Waals surface area contributed by atoms with E-state index in [0.717, 1.165) is 18.4 Å². The lowest BCUT2D eigenvalue weighted by atomic mass is 9.83. The molecule has 1 aliphatic rings. The second-order valence-electron chi connectivity index (χ2n) is 7.08. The minimum atomic E-state index is 0.526. The molecule has 2 rings (SSSR count).